The molecule has 0 aromatic heterocycles. The van der Waals surface area contributed by atoms with Crippen molar-refractivity contribution in [2.75, 3.05) is 13.7 Å². The van der Waals surface area contributed by atoms with Crippen LogP contribution in [0.4, 0.5) is 4.39 Å². The van der Waals surface area contributed by atoms with Crippen molar-refractivity contribution in [3.63, 3.8) is 0 Å². The molecule has 0 unspecified atom stereocenters. The maximum Gasteiger partial charge on any atom is 0.344 e. The Morgan fingerprint density at radius 2 is 1.81 bits per heavy atom. The van der Waals surface area contributed by atoms with Gasteiger partial charge in [-0.3, -0.25) is 9.79 Å². The summed E-state index contributed by atoms with van der Waals surface area (Å²) in [6, 6.07) is 4.90. The Morgan fingerprint density at radius 3 is 2.29 bits per heavy atom. The molecule has 21 heavy (non-hydrogen) atoms. The molecule has 1 aromatic rings. The minimum Gasteiger partial charge on any atom is -0.454 e. The van der Waals surface area contributed by atoms with Gasteiger partial charge in [-0.2, -0.15) is 0 Å². The maximum atomic E-state index is 12.7. The van der Waals surface area contributed by atoms with E-state index in [-0.39, 0.29) is 22.7 Å². The van der Waals surface area contributed by atoms with Gasteiger partial charge >= 0.3 is 5.97 Å². The van der Waals surface area contributed by atoms with Gasteiger partial charge in [0.05, 0.1) is 0 Å². The minimum atomic E-state index is -0.839. The average Bonchev–Trinajstić information content (AvgIpc) is 2.45. The van der Waals surface area contributed by atoms with Gasteiger partial charge in [-0.25, -0.2) is 9.18 Å². The number of hydrogen-bond acceptors (Lipinski definition) is 5. The van der Waals surface area contributed by atoms with Crippen molar-refractivity contribution < 1.29 is 18.7 Å². The van der Waals surface area contributed by atoms with Gasteiger partial charge < -0.3 is 16.2 Å². The average molecular weight is 293 g/mol. The molecule has 0 saturated heterocycles. The highest BCUT2D eigenvalue weighted by Crippen LogP contribution is 2.06. The standard InChI is InChI=1S/C14H16FN3O3/c1-8(16)12(13(17)18-2)14(20)21-7-11(19)9-3-5-10(15)6-4-9/h3-6H,7,16H2,1-2H3,(H2,17,18). The van der Waals surface area contributed by atoms with Crippen molar-refractivity contribution in [3.8, 4) is 0 Å². The summed E-state index contributed by atoms with van der Waals surface area (Å²) in [5, 5.41) is 0. The Morgan fingerprint density at radius 1 is 1.24 bits per heavy atom. The van der Waals surface area contributed by atoms with Crippen LogP contribution in [0.15, 0.2) is 40.5 Å². The predicted octanol–water partition coefficient (Wildman–Crippen LogP) is 0.771. The van der Waals surface area contributed by atoms with Crippen molar-refractivity contribution in [3.05, 3.63) is 46.9 Å². The number of benzene rings is 1. The van der Waals surface area contributed by atoms with Crippen LogP contribution in [0.3, 0.4) is 0 Å². The van der Waals surface area contributed by atoms with E-state index >= 15 is 0 Å². The first-order valence-electron chi connectivity index (χ1n) is 6.01. The molecule has 112 valence electrons. The molecule has 4 N–H and O–H groups in total. The Bertz CT molecular complexity index is 602. The number of allylic oxidation sites excluding steroid dienone is 1. The number of ketones is 1. The topological polar surface area (TPSA) is 108 Å². The van der Waals surface area contributed by atoms with E-state index in [0.29, 0.717) is 0 Å². The molecular weight excluding hydrogens is 277 g/mol. The van der Waals surface area contributed by atoms with Crippen LogP contribution in [0.2, 0.25) is 0 Å². The largest absolute Gasteiger partial charge is 0.454 e. The van der Waals surface area contributed by atoms with Gasteiger partial charge in [-0.15, -0.1) is 0 Å². The summed E-state index contributed by atoms with van der Waals surface area (Å²) in [7, 11) is 1.40. The first-order valence-corrected chi connectivity index (χ1v) is 6.01. The number of hydrogen-bond donors (Lipinski definition) is 2. The van der Waals surface area contributed by atoms with Crippen LogP contribution < -0.4 is 11.5 Å². The van der Waals surface area contributed by atoms with Gasteiger partial charge in [0.15, 0.2) is 12.4 Å². The van der Waals surface area contributed by atoms with E-state index in [4.69, 9.17) is 16.2 Å². The van der Waals surface area contributed by atoms with Crippen LogP contribution in [0.1, 0.15) is 17.3 Å². The molecule has 1 aromatic carbocycles. The van der Waals surface area contributed by atoms with Crippen LogP contribution in [0, 0.1) is 5.82 Å². The van der Waals surface area contributed by atoms with Crippen molar-refractivity contribution in [2.24, 2.45) is 16.5 Å². The van der Waals surface area contributed by atoms with Gasteiger partial charge in [-0.1, -0.05) is 0 Å². The number of esters is 1. The van der Waals surface area contributed by atoms with Crippen LogP contribution in [0.5, 0.6) is 0 Å². The second kappa shape index (κ2) is 7.18. The summed E-state index contributed by atoms with van der Waals surface area (Å²) in [6.45, 7) is 0.967. The number of carbonyl (C=O) groups excluding carboxylic acids is 2. The molecule has 0 aliphatic rings. The predicted molar refractivity (Wildman–Crippen MR) is 76.1 cm³/mol. The lowest BCUT2D eigenvalue weighted by atomic mass is 10.1. The fraction of sp³-hybridized carbons (Fsp3) is 0.214. The molecule has 1 rings (SSSR count). The van der Waals surface area contributed by atoms with E-state index in [2.05, 4.69) is 4.99 Å². The first kappa shape index (κ1) is 16.4. The number of rotatable bonds is 5. The highest BCUT2D eigenvalue weighted by atomic mass is 19.1. The zero-order chi connectivity index (χ0) is 16.0. The summed E-state index contributed by atoms with van der Waals surface area (Å²) in [5.41, 5.74) is 11.4. The summed E-state index contributed by atoms with van der Waals surface area (Å²) in [4.78, 5) is 27.3. The molecular formula is C14H16FN3O3. The Kier molecular flexibility index (Phi) is 5.59. The number of halogens is 1. The lowest BCUT2D eigenvalue weighted by Crippen LogP contribution is -2.27. The third-order valence-electron chi connectivity index (χ3n) is 2.60. The van der Waals surface area contributed by atoms with Gasteiger partial charge in [0.25, 0.3) is 0 Å². The third kappa shape index (κ3) is 4.41. The fourth-order valence-electron chi connectivity index (χ4n) is 1.50. The molecule has 0 atom stereocenters. The number of nitrogens with two attached hydrogens (primary N) is 2. The molecule has 0 saturated carbocycles. The lowest BCUT2D eigenvalue weighted by Gasteiger charge is -2.09. The van der Waals surface area contributed by atoms with Crippen LogP contribution in [-0.2, 0) is 9.53 Å². The SMILES string of the molecule is CN=C(N)C(C(=O)OCC(=O)c1ccc(F)cc1)=C(C)N. The van der Waals surface area contributed by atoms with Crippen molar-refractivity contribution >= 4 is 17.6 Å². The second-order valence-electron chi connectivity index (χ2n) is 4.17. The summed E-state index contributed by atoms with van der Waals surface area (Å²) < 4.78 is 17.6. The van der Waals surface area contributed by atoms with Crippen LogP contribution in [-0.4, -0.2) is 31.2 Å². The van der Waals surface area contributed by atoms with E-state index in [1.54, 1.807) is 0 Å². The summed E-state index contributed by atoms with van der Waals surface area (Å²) in [6.07, 6.45) is 0. The number of amidine groups is 1. The lowest BCUT2D eigenvalue weighted by molar-refractivity contribution is -0.137. The Labute approximate surface area is 121 Å². The monoisotopic (exact) mass is 293 g/mol. The Balaban J connectivity index is 2.74. The number of carbonyl (C=O) groups is 2. The number of nitrogens with zero attached hydrogens (tertiary/aromatic N) is 1. The number of aliphatic imine (C=N–C) groups is 1. The molecule has 0 bridgehead atoms. The van der Waals surface area contributed by atoms with Gasteiger partial charge in [0.1, 0.15) is 17.2 Å². The van der Waals surface area contributed by atoms with Gasteiger partial charge in [-0.05, 0) is 31.2 Å². The van der Waals surface area contributed by atoms with E-state index < -0.39 is 24.2 Å². The van der Waals surface area contributed by atoms with Crippen LogP contribution >= 0.6 is 0 Å². The normalized spacial score (nSPS) is 12.6. The fourth-order valence-corrected chi connectivity index (χ4v) is 1.50. The van der Waals surface area contributed by atoms with Gasteiger partial charge in [0.2, 0.25) is 0 Å². The van der Waals surface area contributed by atoms with Gasteiger partial charge in [0, 0.05) is 18.3 Å². The molecule has 0 amide bonds. The van der Waals surface area contributed by atoms with Crippen molar-refractivity contribution in [2.45, 2.75) is 6.92 Å². The molecule has 0 fully saturated rings. The Hall–Kier alpha value is -2.70. The van der Waals surface area contributed by atoms with Crippen molar-refractivity contribution in [1.82, 2.24) is 0 Å². The number of Topliss-reactive ketones (excluding diaryl/α,β-unsaturated/α-hetero) is 1. The maximum absolute atomic E-state index is 12.7. The van der Waals surface area contributed by atoms with Crippen molar-refractivity contribution in [1.29, 1.82) is 0 Å². The zero-order valence-electron chi connectivity index (χ0n) is 11.7. The van der Waals surface area contributed by atoms with E-state index in [9.17, 15) is 14.0 Å². The summed E-state index contributed by atoms with van der Waals surface area (Å²) >= 11 is 0. The molecule has 7 heteroatoms. The molecule has 0 aliphatic carbocycles. The quantitative estimate of drug-likeness (QED) is 0.274. The molecule has 0 aliphatic heterocycles. The zero-order valence-corrected chi connectivity index (χ0v) is 11.7. The minimum absolute atomic E-state index is 0.0748. The molecule has 0 radical (unpaired) electrons. The molecule has 0 spiro atoms. The first-order chi connectivity index (χ1) is 9.86. The summed E-state index contributed by atoms with van der Waals surface area (Å²) in [5.74, 6) is -1.84. The number of ether oxygens (including phenoxy) is 1. The van der Waals surface area contributed by atoms with E-state index in [1.807, 2.05) is 0 Å². The molecule has 6 nitrogen and oxygen atoms in total. The highest BCUT2D eigenvalue weighted by Gasteiger charge is 2.19. The van der Waals surface area contributed by atoms with E-state index in [0.717, 1.165) is 12.1 Å². The van der Waals surface area contributed by atoms with E-state index in [1.165, 1.54) is 26.1 Å². The van der Waals surface area contributed by atoms with Crippen LogP contribution in [0.25, 0.3) is 0 Å². The smallest absolute Gasteiger partial charge is 0.344 e. The third-order valence-corrected chi connectivity index (χ3v) is 2.60. The second-order valence-corrected chi connectivity index (χ2v) is 4.17. The highest BCUT2D eigenvalue weighted by molar-refractivity contribution is 6.19. The molecule has 0 heterocycles.